The molecule has 0 atom stereocenters. The average Bonchev–Trinajstić information content (AvgIpc) is 2.14. The molecule has 82 valence electrons. The van der Waals surface area contributed by atoms with E-state index in [2.05, 4.69) is 20.8 Å². The predicted molar refractivity (Wildman–Crippen MR) is 69.5 cm³/mol. The van der Waals surface area contributed by atoms with Gasteiger partial charge in [-0.15, -0.1) is 11.8 Å². The van der Waals surface area contributed by atoms with Crippen molar-refractivity contribution in [3.8, 4) is 0 Å². The Morgan fingerprint density at radius 1 is 1.20 bits per heavy atom. The number of hydrogen-bond donors (Lipinski definition) is 0. The molecule has 0 aliphatic heterocycles. The van der Waals surface area contributed by atoms with Crippen LogP contribution < -0.4 is 0 Å². The molecule has 1 aromatic rings. The highest BCUT2D eigenvalue weighted by Gasteiger charge is 2.16. The second kappa shape index (κ2) is 5.61. The first-order valence-electron chi connectivity index (χ1n) is 4.87. The summed E-state index contributed by atoms with van der Waals surface area (Å²) in [6.45, 7) is 6.17. The third-order valence-electron chi connectivity index (χ3n) is 1.52. The van der Waals surface area contributed by atoms with Gasteiger partial charge in [-0.1, -0.05) is 50.7 Å². The summed E-state index contributed by atoms with van der Waals surface area (Å²) in [6, 6.07) is 10.0. The van der Waals surface area contributed by atoms with Crippen LogP contribution in [0.3, 0.4) is 0 Å². The van der Waals surface area contributed by atoms with E-state index in [0.29, 0.717) is 5.75 Å². The molecule has 1 rings (SSSR count). The third kappa shape index (κ3) is 5.90. The van der Waals surface area contributed by atoms with Gasteiger partial charge in [-0.2, -0.15) is 0 Å². The standard InChI is InChI=1S/C12H16OS2/c1-12(2,3)15-11(13)9-14-10-7-5-4-6-8-10/h4-8H,9H2,1-3H3. The largest absolute Gasteiger partial charge is 0.286 e. The zero-order valence-electron chi connectivity index (χ0n) is 9.32. The van der Waals surface area contributed by atoms with E-state index in [4.69, 9.17) is 0 Å². The lowest BCUT2D eigenvalue weighted by molar-refractivity contribution is -0.108. The number of hydrogen-bond acceptors (Lipinski definition) is 3. The molecule has 0 aliphatic carbocycles. The zero-order chi connectivity index (χ0) is 11.3. The summed E-state index contributed by atoms with van der Waals surface area (Å²) in [5.41, 5.74) is 0. The van der Waals surface area contributed by atoms with Crippen LogP contribution in [0.4, 0.5) is 0 Å². The van der Waals surface area contributed by atoms with Gasteiger partial charge in [-0.25, -0.2) is 0 Å². The summed E-state index contributed by atoms with van der Waals surface area (Å²) >= 11 is 3.02. The van der Waals surface area contributed by atoms with Crippen molar-refractivity contribution in [2.24, 2.45) is 0 Å². The fraction of sp³-hybridized carbons (Fsp3) is 0.417. The van der Waals surface area contributed by atoms with Gasteiger partial charge in [0.05, 0.1) is 5.75 Å². The summed E-state index contributed by atoms with van der Waals surface area (Å²) in [4.78, 5) is 12.7. The van der Waals surface area contributed by atoms with Gasteiger partial charge in [0.25, 0.3) is 0 Å². The van der Waals surface area contributed by atoms with Crippen molar-refractivity contribution in [1.29, 1.82) is 0 Å². The van der Waals surface area contributed by atoms with Crippen molar-refractivity contribution in [2.45, 2.75) is 30.4 Å². The number of thioether (sulfide) groups is 2. The van der Waals surface area contributed by atoms with Crippen molar-refractivity contribution in [1.82, 2.24) is 0 Å². The van der Waals surface area contributed by atoms with E-state index in [-0.39, 0.29) is 9.86 Å². The van der Waals surface area contributed by atoms with Crippen LogP contribution in [0, 0.1) is 0 Å². The minimum absolute atomic E-state index is 0.0222. The van der Waals surface area contributed by atoms with Crippen LogP contribution in [0.1, 0.15) is 20.8 Å². The van der Waals surface area contributed by atoms with Gasteiger partial charge in [0.15, 0.2) is 5.12 Å². The molecule has 0 unspecified atom stereocenters. The van der Waals surface area contributed by atoms with Crippen LogP contribution in [0.25, 0.3) is 0 Å². The molecule has 0 saturated heterocycles. The van der Waals surface area contributed by atoms with Gasteiger partial charge in [0.1, 0.15) is 0 Å². The Kier molecular flexibility index (Phi) is 4.74. The summed E-state index contributed by atoms with van der Waals surface area (Å²) in [5, 5.41) is 0.247. The van der Waals surface area contributed by atoms with E-state index in [0.717, 1.165) is 4.90 Å². The molecule has 3 heteroatoms. The monoisotopic (exact) mass is 240 g/mol. The van der Waals surface area contributed by atoms with Crippen LogP contribution in [0.15, 0.2) is 35.2 Å². The van der Waals surface area contributed by atoms with Gasteiger partial charge in [0.2, 0.25) is 0 Å². The molecule has 0 aliphatic rings. The molecular formula is C12H16OS2. The van der Waals surface area contributed by atoms with Gasteiger partial charge in [0, 0.05) is 9.64 Å². The van der Waals surface area contributed by atoms with Crippen molar-refractivity contribution in [2.75, 3.05) is 5.75 Å². The van der Waals surface area contributed by atoms with Gasteiger partial charge >= 0.3 is 0 Å². The Balaban J connectivity index is 2.35. The fourth-order valence-electron chi connectivity index (χ4n) is 1.03. The predicted octanol–water partition coefficient (Wildman–Crippen LogP) is 3.84. The maximum atomic E-state index is 11.6. The highest BCUT2D eigenvalue weighted by atomic mass is 32.2. The normalized spacial score (nSPS) is 11.4. The first kappa shape index (κ1) is 12.7. The topological polar surface area (TPSA) is 17.1 Å². The first-order chi connectivity index (χ1) is 6.97. The molecule has 0 N–H and O–H groups in total. The highest BCUT2D eigenvalue weighted by Crippen LogP contribution is 2.27. The van der Waals surface area contributed by atoms with Crippen molar-refractivity contribution < 1.29 is 4.79 Å². The smallest absolute Gasteiger partial charge is 0.199 e. The minimum Gasteiger partial charge on any atom is -0.286 e. The summed E-state index contributed by atoms with van der Waals surface area (Å²) in [5.74, 6) is 0.548. The van der Waals surface area contributed by atoms with Gasteiger partial charge in [-0.3, -0.25) is 4.79 Å². The number of carbonyl (C=O) groups is 1. The molecule has 1 nitrogen and oxygen atoms in total. The van der Waals surface area contributed by atoms with Gasteiger partial charge in [-0.05, 0) is 12.1 Å². The van der Waals surface area contributed by atoms with Crippen LogP contribution in [0.2, 0.25) is 0 Å². The minimum atomic E-state index is 0.0222. The van der Waals surface area contributed by atoms with E-state index in [9.17, 15) is 4.79 Å². The maximum Gasteiger partial charge on any atom is 0.199 e. The molecule has 0 heterocycles. The van der Waals surface area contributed by atoms with E-state index >= 15 is 0 Å². The third-order valence-corrected chi connectivity index (χ3v) is 3.70. The summed E-state index contributed by atoms with van der Waals surface area (Å²) < 4.78 is 0.0222. The lowest BCUT2D eigenvalue weighted by Gasteiger charge is -2.15. The Morgan fingerprint density at radius 2 is 1.80 bits per heavy atom. The second-order valence-electron chi connectivity index (χ2n) is 4.19. The molecule has 15 heavy (non-hydrogen) atoms. The molecule has 0 amide bonds. The maximum absolute atomic E-state index is 11.6. The Bertz CT molecular complexity index is 314. The Hall–Kier alpha value is -0.410. The van der Waals surface area contributed by atoms with Crippen LogP contribution in [-0.2, 0) is 4.79 Å². The number of rotatable bonds is 3. The van der Waals surface area contributed by atoms with E-state index in [1.807, 2.05) is 30.3 Å². The van der Waals surface area contributed by atoms with Crippen LogP contribution in [0.5, 0.6) is 0 Å². The molecule has 0 bridgehead atoms. The number of carbonyl (C=O) groups excluding carboxylic acids is 1. The molecule has 0 saturated carbocycles. The van der Waals surface area contributed by atoms with E-state index < -0.39 is 0 Å². The Morgan fingerprint density at radius 3 is 2.33 bits per heavy atom. The van der Waals surface area contributed by atoms with Crippen molar-refractivity contribution >= 4 is 28.6 Å². The molecule has 0 fully saturated rings. The van der Waals surface area contributed by atoms with E-state index in [1.165, 1.54) is 11.8 Å². The van der Waals surface area contributed by atoms with E-state index in [1.54, 1.807) is 11.8 Å². The molecule has 0 radical (unpaired) electrons. The average molecular weight is 240 g/mol. The first-order valence-corrected chi connectivity index (χ1v) is 6.67. The lowest BCUT2D eigenvalue weighted by Crippen LogP contribution is -2.12. The second-order valence-corrected chi connectivity index (χ2v) is 7.12. The quantitative estimate of drug-likeness (QED) is 0.747. The highest BCUT2D eigenvalue weighted by molar-refractivity contribution is 8.16. The van der Waals surface area contributed by atoms with Gasteiger partial charge < -0.3 is 0 Å². The van der Waals surface area contributed by atoms with Crippen molar-refractivity contribution in [3.63, 3.8) is 0 Å². The molecule has 0 aromatic heterocycles. The molecule has 0 spiro atoms. The summed E-state index contributed by atoms with van der Waals surface area (Å²) in [6.07, 6.45) is 0. The lowest BCUT2D eigenvalue weighted by atomic mass is 10.3. The Labute approximate surface area is 100 Å². The zero-order valence-corrected chi connectivity index (χ0v) is 11.0. The summed E-state index contributed by atoms with van der Waals surface area (Å²) in [7, 11) is 0. The molecule has 1 aromatic carbocycles. The SMILES string of the molecule is CC(C)(C)SC(=O)CSc1ccccc1. The number of benzene rings is 1. The fourth-order valence-corrected chi connectivity index (χ4v) is 2.76. The van der Waals surface area contributed by atoms with Crippen LogP contribution >= 0.6 is 23.5 Å². The van der Waals surface area contributed by atoms with Crippen molar-refractivity contribution in [3.05, 3.63) is 30.3 Å². The molecular weight excluding hydrogens is 224 g/mol. The van der Waals surface area contributed by atoms with Crippen LogP contribution in [-0.4, -0.2) is 15.6 Å².